The van der Waals surface area contributed by atoms with Gasteiger partial charge in [0.25, 0.3) is 0 Å². The van der Waals surface area contributed by atoms with Gasteiger partial charge in [-0.1, -0.05) is 18.5 Å². The highest BCUT2D eigenvalue weighted by molar-refractivity contribution is 7.89. The molecule has 5 nitrogen and oxygen atoms in total. The normalized spacial score (nSPS) is 11.5. The maximum Gasteiger partial charge on any atom is 0.338 e. The largest absolute Gasteiger partial charge is 0.478 e. The molecule has 8 heteroatoms. The Kier molecular flexibility index (Phi) is 4.66. The highest BCUT2D eigenvalue weighted by atomic mass is 35.5. The second-order valence-electron chi connectivity index (χ2n) is 3.47. The summed E-state index contributed by atoms with van der Waals surface area (Å²) in [6, 6.07) is 1.74. The van der Waals surface area contributed by atoms with E-state index in [2.05, 4.69) is 4.72 Å². The van der Waals surface area contributed by atoms with E-state index in [1.54, 1.807) is 6.92 Å². The number of hydrogen-bond acceptors (Lipinski definition) is 3. The average molecular weight is 296 g/mol. The van der Waals surface area contributed by atoms with Gasteiger partial charge in [-0.25, -0.2) is 22.3 Å². The van der Waals surface area contributed by atoms with Crippen molar-refractivity contribution in [3.63, 3.8) is 0 Å². The van der Waals surface area contributed by atoms with E-state index >= 15 is 0 Å². The summed E-state index contributed by atoms with van der Waals surface area (Å²) in [5.41, 5.74) is -0.778. The third kappa shape index (κ3) is 3.18. The quantitative estimate of drug-likeness (QED) is 0.868. The number of carbonyl (C=O) groups is 1. The number of benzene rings is 1. The molecule has 0 spiro atoms. The molecule has 0 aliphatic carbocycles. The molecule has 0 aliphatic heterocycles. The van der Waals surface area contributed by atoms with E-state index in [1.165, 1.54) is 0 Å². The Hall–Kier alpha value is -1.18. The molecule has 1 aromatic rings. The molecule has 0 bridgehead atoms. The summed E-state index contributed by atoms with van der Waals surface area (Å²) in [5.74, 6) is -2.91. The molecule has 0 unspecified atom stereocenters. The fraction of sp³-hybridized carbons (Fsp3) is 0.300. The lowest BCUT2D eigenvalue weighted by molar-refractivity contribution is 0.0691. The van der Waals surface area contributed by atoms with E-state index in [1.807, 2.05) is 0 Å². The molecule has 0 atom stereocenters. The average Bonchev–Trinajstić information content (AvgIpc) is 2.28. The Morgan fingerprint density at radius 3 is 2.61 bits per heavy atom. The van der Waals surface area contributed by atoms with Crippen molar-refractivity contribution in [2.75, 3.05) is 6.54 Å². The number of hydrogen-bond donors (Lipinski definition) is 2. The van der Waals surface area contributed by atoms with Crippen molar-refractivity contribution < 1.29 is 22.7 Å². The zero-order valence-corrected chi connectivity index (χ0v) is 11.0. The van der Waals surface area contributed by atoms with Crippen LogP contribution in [0.25, 0.3) is 0 Å². The van der Waals surface area contributed by atoms with Gasteiger partial charge in [-0.05, 0) is 18.6 Å². The van der Waals surface area contributed by atoms with Crippen LogP contribution in [0.4, 0.5) is 4.39 Å². The summed E-state index contributed by atoms with van der Waals surface area (Å²) in [6.07, 6.45) is 0.521. The van der Waals surface area contributed by atoms with Crippen LogP contribution >= 0.6 is 11.6 Å². The van der Waals surface area contributed by atoms with Gasteiger partial charge < -0.3 is 5.11 Å². The molecule has 0 fully saturated rings. The zero-order chi connectivity index (χ0) is 13.9. The van der Waals surface area contributed by atoms with Crippen LogP contribution < -0.4 is 4.72 Å². The number of aromatic carboxylic acids is 1. The van der Waals surface area contributed by atoms with Gasteiger partial charge in [0.05, 0.1) is 5.56 Å². The van der Waals surface area contributed by atoms with Crippen molar-refractivity contribution >= 4 is 27.6 Å². The molecular weight excluding hydrogens is 285 g/mol. The highest BCUT2D eigenvalue weighted by Crippen LogP contribution is 2.23. The van der Waals surface area contributed by atoms with Gasteiger partial charge in [-0.3, -0.25) is 0 Å². The third-order valence-electron chi connectivity index (χ3n) is 2.07. The maximum absolute atomic E-state index is 13.8. The van der Waals surface area contributed by atoms with Crippen molar-refractivity contribution in [3.8, 4) is 0 Å². The molecule has 100 valence electrons. The third-order valence-corrected chi connectivity index (χ3v) is 3.74. The molecule has 0 aromatic heterocycles. The lowest BCUT2D eigenvalue weighted by Gasteiger charge is -2.09. The Bertz CT molecular complexity index is 573. The lowest BCUT2D eigenvalue weighted by Crippen LogP contribution is -2.26. The molecule has 18 heavy (non-hydrogen) atoms. The first-order chi connectivity index (χ1) is 8.29. The second-order valence-corrected chi connectivity index (χ2v) is 5.64. The monoisotopic (exact) mass is 295 g/mol. The van der Waals surface area contributed by atoms with Crippen molar-refractivity contribution in [2.45, 2.75) is 18.2 Å². The summed E-state index contributed by atoms with van der Waals surface area (Å²) >= 11 is 5.58. The van der Waals surface area contributed by atoms with Crippen LogP contribution in [-0.2, 0) is 10.0 Å². The molecule has 1 rings (SSSR count). The van der Waals surface area contributed by atoms with E-state index < -0.39 is 32.3 Å². The van der Waals surface area contributed by atoms with Crippen LogP contribution in [0.2, 0.25) is 5.02 Å². The lowest BCUT2D eigenvalue weighted by atomic mass is 10.2. The summed E-state index contributed by atoms with van der Waals surface area (Å²) in [6.45, 7) is 1.86. The Morgan fingerprint density at radius 1 is 1.50 bits per heavy atom. The van der Waals surface area contributed by atoms with E-state index in [0.717, 1.165) is 12.1 Å². The van der Waals surface area contributed by atoms with Gasteiger partial charge in [0.15, 0.2) is 5.82 Å². The molecule has 0 amide bonds. The predicted molar refractivity (Wildman–Crippen MR) is 63.8 cm³/mol. The number of carboxylic acids is 1. The van der Waals surface area contributed by atoms with Gasteiger partial charge in [-0.15, -0.1) is 0 Å². The van der Waals surface area contributed by atoms with E-state index in [-0.39, 0.29) is 11.6 Å². The number of halogens is 2. The van der Waals surface area contributed by atoms with E-state index in [4.69, 9.17) is 16.7 Å². The second kappa shape index (κ2) is 5.64. The summed E-state index contributed by atoms with van der Waals surface area (Å²) in [7, 11) is -4.10. The summed E-state index contributed by atoms with van der Waals surface area (Å²) in [5, 5.41) is 8.58. The summed E-state index contributed by atoms with van der Waals surface area (Å²) in [4.78, 5) is 9.99. The number of nitrogens with one attached hydrogen (secondary N) is 1. The van der Waals surface area contributed by atoms with Crippen LogP contribution in [0.1, 0.15) is 23.7 Å². The van der Waals surface area contributed by atoms with Crippen molar-refractivity contribution in [2.24, 2.45) is 0 Å². The van der Waals surface area contributed by atoms with Crippen LogP contribution in [-0.4, -0.2) is 26.0 Å². The number of carboxylic acid groups (broad SMARTS) is 1. The van der Waals surface area contributed by atoms with Crippen LogP contribution in [0.15, 0.2) is 17.0 Å². The van der Waals surface area contributed by atoms with Crippen LogP contribution in [0, 0.1) is 5.82 Å². The SMILES string of the molecule is CCCNS(=O)(=O)c1cc(Cl)cc(C(=O)O)c1F. The Balaban J connectivity index is 3.37. The van der Waals surface area contributed by atoms with Gasteiger partial charge in [0, 0.05) is 11.6 Å². The molecule has 0 saturated carbocycles. The van der Waals surface area contributed by atoms with Crippen LogP contribution in [0.5, 0.6) is 0 Å². The first-order valence-corrected chi connectivity index (χ1v) is 6.87. The minimum absolute atomic E-state index is 0.122. The van der Waals surface area contributed by atoms with Crippen molar-refractivity contribution in [3.05, 3.63) is 28.5 Å². The van der Waals surface area contributed by atoms with Gasteiger partial charge in [0.1, 0.15) is 4.90 Å². The first-order valence-electron chi connectivity index (χ1n) is 5.01. The number of sulfonamides is 1. The fourth-order valence-electron chi connectivity index (χ4n) is 1.23. The van der Waals surface area contributed by atoms with E-state index in [0.29, 0.717) is 6.42 Å². The topological polar surface area (TPSA) is 83.5 Å². The summed E-state index contributed by atoms with van der Waals surface area (Å²) < 4.78 is 39.4. The van der Waals surface area contributed by atoms with Crippen molar-refractivity contribution in [1.82, 2.24) is 4.72 Å². The smallest absolute Gasteiger partial charge is 0.338 e. The molecular formula is C10H11ClFNO4S. The molecule has 1 aromatic carbocycles. The predicted octanol–water partition coefficient (Wildman–Crippen LogP) is 1.87. The molecule has 2 N–H and O–H groups in total. The molecule has 0 aliphatic rings. The maximum atomic E-state index is 13.8. The first kappa shape index (κ1) is 14.9. The van der Waals surface area contributed by atoms with Crippen molar-refractivity contribution in [1.29, 1.82) is 0 Å². The van der Waals surface area contributed by atoms with Crippen LogP contribution in [0.3, 0.4) is 0 Å². The fourth-order valence-corrected chi connectivity index (χ4v) is 2.77. The number of rotatable bonds is 5. The van der Waals surface area contributed by atoms with Gasteiger partial charge in [-0.2, -0.15) is 0 Å². The minimum atomic E-state index is -4.10. The zero-order valence-electron chi connectivity index (χ0n) is 9.41. The molecule has 0 radical (unpaired) electrons. The Morgan fingerprint density at radius 2 is 2.11 bits per heavy atom. The standard InChI is InChI=1S/C10H11ClFNO4S/c1-2-3-13-18(16,17)8-5-6(11)4-7(9(8)12)10(14)15/h4-5,13H,2-3H2,1H3,(H,14,15). The van der Waals surface area contributed by atoms with Gasteiger partial charge >= 0.3 is 5.97 Å². The van der Waals surface area contributed by atoms with E-state index in [9.17, 15) is 17.6 Å². The van der Waals surface area contributed by atoms with Gasteiger partial charge in [0.2, 0.25) is 10.0 Å². The minimum Gasteiger partial charge on any atom is -0.478 e. The molecule has 0 heterocycles. The highest BCUT2D eigenvalue weighted by Gasteiger charge is 2.24. The molecule has 0 saturated heterocycles. The Labute approximate surface area is 109 Å².